The van der Waals surface area contributed by atoms with Crippen molar-refractivity contribution in [2.45, 2.75) is 19.3 Å². The number of hydrogen-bond acceptors (Lipinski definition) is 3. The Morgan fingerprint density at radius 2 is 1.78 bits per heavy atom. The van der Waals surface area contributed by atoms with Gasteiger partial charge in [-0.1, -0.05) is 12.2 Å². The van der Waals surface area contributed by atoms with Gasteiger partial charge in [0, 0.05) is 38.3 Å². The highest BCUT2D eigenvalue weighted by molar-refractivity contribution is 5.77. The average molecular weight is 312 g/mol. The lowest BCUT2D eigenvalue weighted by molar-refractivity contribution is -0.132. The van der Waals surface area contributed by atoms with E-state index in [0.717, 1.165) is 44.2 Å². The normalized spacial score (nSPS) is 29.3. The lowest BCUT2D eigenvalue weighted by Gasteiger charge is -2.36. The first kappa shape index (κ1) is 14.6. The first-order valence-electron chi connectivity index (χ1n) is 8.69. The number of phenols is 1. The summed E-state index contributed by atoms with van der Waals surface area (Å²) in [6.07, 6.45) is 7.87. The third-order valence-corrected chi connectivity index (χ3v) is 5.70. The molecule has 23 heavy (non-hydrogen) atoms. The van der Waals surface area contributed by atoms with Crippen molar-refractivity contribution in [3.05, 3.63) is 36.4 Å². The molecule has 1 N–H and O–H groups in total. The molecule has 1 aromatic rings. The predicted molar refractivity (Wildman–Crippen MR) is 90.4 cm³/mol. The summed E-state index contributed by atoms with van der Waals surface area (Å²) in [5.41, 5.74) is 1.12. The van der Waals surface area contributed by atoms with Crippen molar-refractivity contribution < 1.29 is 9.90 Å². The number of allylic oxidation sites excluding steroid dienone is 2. The largest absolute Gasteiger partial charge is 0.508 e. The Labute approximate surface area is 137 Å². The molecule has 2 fully saturated rings. The first-order chi connectivity index (χ1) is 11.2. The Kier molecular flexibility index (Phi) is 3.76. The molecule has 1 heterocycles. The van der Waals surface area contributed by atoms with Crippen LogP contribution in [0.15, 0.2) is 36.4 Å². The van der Waals surface area contributed by atoms with Crippen LogP contribution in [0.4, 0.5) is 5.69 Å². The molecule has 3 atom stereocenters. The fourth-order valence-electron chi connectivity index (χ4n) is 4.36. The van der Waals surface area contributed by atoms with E-state index < -0.39 is 0 Å². The number of rotatable bonds is 3. The fourth-order valence-corrected chi connectivity index (χ4v) is 4.36. The van der Waals surface area contributed by atoms with Crippen LogP contribution >= 0.6 is 0 Å². The van der Waals surface area contributed by atoms with E-state index in [4.69, 9.17) is 0 Å². The number of fused-ring (bicyclic) bond motifs is 2. The Bertz CT molecular complexity index is 602. The number of piperazine rings is 1. The summed E-state index contributed by atoms with van der Waals surface area (Å²) in [5, 5.41) is 9.37. The van der Waals surface area contributed by atoms with Crippen molar-refractivity contribution in [2.24, 2.45) is 17.8 Å². The highest BCUT2D eigenvalue weighted by Gasteiger charge is 2.37. The summed E-state index contributed by atoms with van der Waals surface area (Å²) in [4.78, 5) is 16.9. The summed E-state index contributed by atoms with van der Waals surface area (Å²) >= 11 is 0. The van der Waals surface area contributed by atoms with Gasteiger partial charge in [-0.05, 0) is 54.9 Å². The van der Waals surface area contributed by atoms with Gasteiger partial charge in [0.1, 0.15) is 5.75 Å². The molecule has 4 heteroatoms. The minimum Gasteiger partial charge on any atom is -0.508 e. The third kappa shape index (κ3) is 2.94. The molecule has 1 aliphatic heterocycles. The Hall–Kier alpha value is -1.97. The average Bonchev–Trinajstić information content (AvgIpc) is 3.18. The Morgan fingerprint density at radius 3 is 2.39 bits per heavy atom. The van der Waals surface area contributed by atoms with Gasteiger partial charge in [0.2, 0.25) is 5.91 Å². The molecule has 1 aromatic carbocycles. The van der Waals surface area contributed by atoms with Gasteiger partial charge in [0.05, 0.1) is 0 Å². The molecule has 0 aromatic heterocycles. The van der Waals surface area contributed by atoms with Crippen molar-refractivity contribution in [1.82, 2.24) is 4.90 Å². The molecule has 0 spiro atoms. The monoisotopic (exact) mass is 312 g/mol. The highest BCUT2D eigenvalue weighted by atomic mass is 16.3. The van der Waals surface area contributed by atoms with Crippen molar-refractivity contribution >= 4 is 11.6 Å². The minimum atomic E-state index is 0.294. The second-order valence-corrected chi connectivity index (χ2v) is 7.13. The maximum atomic E-state index is 12.6. The van der Waals surface area contributed by atoms with Crippen LogP contribution < -0.4 is 4.90 Å². The van der Waals surface area contributed by atoms with E-state index in [2.05, 4.69) is 17.1 Å². The van der Waals surface area contributed by atoms with Gasteiger partial charge in [0.15, 0.2) is 0 Å². The molecule has 2 aliphatic carbocycles. The highest BCUT2D eigenvalue weighted by Crippen LogP contribution is 2.45. The van der Waals surface area contributed by atoms with Crippen molar-refractivity contribution in [3.63, 3.8) is 0 Å². The molecule has 1 saturated heterocycles. The van der Waals surface area contributed by atoms with Gasteiger partial charge in [0.25, 0.3) is 0 Å². The van der Waals surface area contributed by atoms with Crippen LogP contribution in [0.25, 0.3) is 0 Å². The zero-order valence-corrected chi connectivity index (χ0v) is 13.4. The number of carbonyl (C=O) groups excluding carboxylic acids is 1. The summed E-state index contributed by atoms with van der Waals surface area (Å²) in [6.45, 7) is 3.34. The zero-order valence-electron chi connectivity index (χ0n) is 13.4. The second kappa shape index (κ2) is 5.91. The SMILES string of the molecule is O=C(C[C@@H]1C[C@@H]2C=C[C@H]1C2)N1CCN(c2ccc(O)cc2)CC1. The number of phenolic OH excluding ortho intramolecular Hbond substituents is 1. The van der Waals surface area contributed by atoms with E-state index in [-0.39, 0.29) is 0 Å². The number of aromatic hydroxyl groups is 1. The number of amides is 1. The van der Waals surface area contributed by atoms with E-state index in [1.165, 1.54) is 12.8 Å². The van der Waals surface area contributed by atoms with E-state index in [0.29, 0.717) is 23.5 Å². The summed E-state index contributed by atoms with van der Waals surface area (Å²) < 4.78 is 0. The Balaban J connectivity index is 1.30. The molecule has 3 aliphatic rings. The third-order valence-electron chi connectivity index (χ3n) is 5.70. The summed E-state index contributed by atoms with van der Waals surface area (Å²) in [6, 6.07) is 7.31. The van der Waals surface area contributed by atoms with Crippen LogP contribution in [0, 0.1) is 17.8 Å². The van der Waals surface area contributed by atoms with Crippen LogP contribution in [-0.2, 0) is 4.79 Å². The standard InChI is InChI=1S/C19H24N2O2/c22-18-5-3-17(4-6-18)20-7-9-21(10-8-20)19(23)13-16-12-14-1-2-15(16)11-14/h1-6,14-16,22H,7-13H2/t14-,15+,16+/m1/s1. The maximum absolute atomic E-state index is 12.6. The number of benzene rings is 1. The minimum absolute atomic E-state index is 0.294. The maximum Gasteiger partial charge on any atom is 0.222 e. The molecular weight excluding hydrogens is 288 g/mol. The number of nitrogens with zero attached hydrogens (tertiary/aromatic N) is 2. The first-order valence-corrected chi connectivity index (χ1v) is 8.69. The lowest BCUT2D eigenvalue weighted by atomic mass is 9.90. The van der Waals surface area contributed by atoms with Crippen molar-refractivity contribution in [1.29, 1.82) is 0 Å². The summed E-state index contributed by atoms with van der Waals surface area (Å²) in [7, 11) is 0. The molecule has 4 rings (SSSR count). The molecule has 0 radical (unpaired) electrons. The van der Waals surface area contributed by atoms with Crippen LogP contribution in [-0.4, -0.2) is 42.1 Å². The number of anilines is 1. The van der Waals surface area contributed by atoms with Gasteiger partial charge in [-0.3, -0.25) is 4.79 Å². The van der Waals surface area contributed by atoms with Crippen LogP contribution in [0.1, 0.15) is 19.3 Å². The van der Waals surface area contributed by atoms with E-state index in [1.807, 2.05) is 17.0 Å². The number of carbonyl (C=O) groups is 1. The van der Waals surface area contributed by atoms with Gasteiger partial charge < -0.3 is 14.9 Å². The van der Waals surface area contributed by atoms with Crippen LogP contribution in [0.2, 0.25) is 0 Å². The van der Waals surface area contributed by atoms with Crippen molar-refractivity contribution in [2.75, 3.05) is 31.1 Å². The Morgan fingerprint density at radius 1 is 1.04 bits per heavy atom. The smallest absolute Gasteiger partial charge is 0.222 e. The lowest BCUT2D eigenvalue weighted by Crippen LogP contribution is -2.49. The molecule has 1 saturated carbocycles. The molecule has 4 nitrogen and oxygen atoms in total. The molecule has 122 valence electrons. The van der Waals surface area contributed by atoms with Gasteiger partial charge in [-0.25, -0.2) is 0 Å². The fraction of sp³-hybridized carbons (Fsp3) is 0.526. The van der Waals surface area contributed by atoms with Crippen LogP contribution in [0.3, 0.4) is 0 Å². The molecule has 1 amide bonds. The van der Waals surface area contributed by atoms with Gasteiger partial charge >= 0.3 is 0 Å². The van der Waals surface area contributed by atoms with Gasteiger partial charge in [-0.15, -0.1) is 0 Å². The summed E-state index contributed by atoms with van der Waals surface area (Å²) in [5.74, 6) is 2.60. The van der Waals surface area contributed by atoms with Crippen LogP contribution in [0.5, 0.6) is 5.75 Å². The topological polar surface area (TPSA) is 43.8 Å². The zero-order chi connectivity index (χ0) is 15.8. The van der Waals surface area contributed by atoms with E-state index >= 15 is 0 Å². The quantitative estimate of drug-likeness (QED) is 0.873. The second-order valence-electron chi connectivity index (χ2n) is 7.13. The predicted octanol–water partition coefficient (Wildman–Crippen LogP) is 2.64. The number of hydrogen-bond donors (Lipinski definition) is 1. The molecule has 2 bridgehead atoms. The molecule has 0 unspecified atom stereocenters. The van der Waals surface area contributed by atoms with Gasteiger partial charge in [-0.2, -0.15) is 0 Å². The van der Waals surface area contributed by atoms with E-state index in [1.54, 1.807) is 12.1 Å². The molecular formula is C19H24N2O2. The van der Waals surface area contributed by atoms with Crippen molar-refractivity contribution in [3.8, 4) is 5.75 Å². The van der Waals surface area contributed by atoms with E-state index in [9.17, 15) is 9.90 Å².